The predicted molar refractivity (Wildman–Crippen MR) is 71.6 cm³/mol. The minimum Gasteiger partial charge on any atom is -0.476 e. The number of carboxylic acid groups (broad SMARTS) is 1. The summed E-state index contributed by atoms with van der Waals surface area (Å²) >= 11 is 0. The molecule has 0 fully saturated rings. The van der Waals surface area contributed by atoms with Crippen molar-refractivity contribution >= 4 is 5.97 Å². The molecule has 0 radical (unpaired) electrons. The fourth-order valence-electron chi connectivity index (χ4n) is 2.28. The van der Waals surface area contributed by atoms with Gasteiger partial charge >= 0.3 is 5.97 Å². The SMILES string of the molecule is CCC(CC)c1c(C(=O)O)nnn1-c1cccc(F)c1. The van der Waals surface area contributed by atoms with E-state index in [-0.39, 0.29) is 11.6 Å². The molecule has 0 bridgehead atoms. The molecule has 5 nitrogen and oxygen atoms in total. The Morgan fingerprint density at radius 1 is 1.40 bits per heavy atom. The average Bonchev–Trinajstić information content (AvgIpc) is 2.85. The van der Waals surface area contributed by atoms with E-state index in [0.717, 1.165) is 12.8 Å². The van der Waals surface area contributed by atoms with Crippen LogP contribution in [0, 0.1) is 5.82 Å². The van der Waals surface area contributed by atoms with E-state index in [1.165, 1.54) is 16.8 Å². The lowest BCUT2D eigenvalue weighted by Gasteiger charge is -2.15. The molecule has 0 saturated carbocycles. The van der Waals surface area contributed by atoms with E-state index in [0.29, 0.717) is 11.4 Å². The second-order valence-corrected chi connectivity index (χ2v) is 4.53. The molecule has 1 heterocycles. The molecule has 2 rings (SSSR count). The first-order valence-electron chi connectivity index (χ1n) is 6.53. The van der Waals surface area contributed by atoms with Crippen LogP contribution < -0.4 is 0 Å². The third-order valence-corrected chi connectivity index (χ3v) is 3.33. The first-order chi connectivity index (χ1) is 9.58. The molecule has 0 spiro atoms. The number of halogens is 1. The highest BCUT2D eigenvalue weighted by molar-refractivity contribution is 5.86. The first-order valence-corrected chi connectivity index (χ1v) is 6.53. The Hall–Kier alpha value is -2.24. The molecular weight excluding hydrogens is 261 g/mol. The van der Waals surface area contributed by atoms with Crippen molar-refractivity contribution in [2.45, 2.75) is 32.6 Å². The van der Waals surface area contributed by atoms with Gasteiger partial charge in [-0.25, -0.2) is 13.9 Å². The molecule has 0 aliphatic heterocycles. The van der Waals surface area contributed by atoms with Gasteiger partial charge < -0.3 is 5.11 Å². The maximum Gasteiger partial charge on any atom is 0.358 e. The van der Waals surface area contributed by atoms with Crippen LogP contribution in [0.25, 0.3) is 5.69 Å². The number of rotatable bonds is 5. The quantitative estimate of drug-likeness (QED) is 0.912. The number of nitrogens with zero attached hydrogens (tertiary/aromatic N) is 3. The van der Waals surface area contributed by atoms with Gasteiger partial charge in [-0.3, -0.25) is 0 Å². The van der Waals surface area contributed by atoms with Crippen LogP contribution in [0.3, 0.4) is 0 Å². The summed E-state index contributed by atoms with van der Waals surface area (Å²) in [4.78, 5) is 11.3. The smallest absolute Gasteiger partial charge is 0.358 e. The van der Waals surface area contributed by atoms with E-state index in [1.807, 2.05) is 13.8 Å². The minimum absolute atomic E-state index is 0.0133. The summed E-state index contributed by atoms with van der Waals surface area (Å²) < 4.78 is 14.8. The van der Waals surface area contributed by atoms with Gasteiger partial charge in [-0.05, 0) is 31.0 Å². The highest BCUT2D eigenvalue weighted by atomic mass is 19.1. The molecule has 0 aliphatic carbocycles. The van der Waals surface area contributed by atoms with E-state index < -0.39 is 11.8 Å². The summed E-state index contributed by atoms with van der Waals surface area (Å²) in [5, 5.41) is 16.8. The molecule has 0 unspecified atom stereocenters. The Balaban J connectivity index is 2.61. The summed E-state index contributed by atoms with van der Waals surface area (Å²) in [7, 11) is 0. The van der Waals surface area contributed by atoms with E-state index in [9.17, 15) is 14.3 Å². The lowest BCUT2D eigenvalue weighted by atomic mass is 9.97. The Morgan fingerprint density at radius 3 is 2.65 bits per heavy atom. The summed E-state index contributed by atoms with van der Waals surface area (Å²) in [6, 6.07) is 5.88. The van der Waals surface area contributed by atoms with E-state index in [1.54, 1.807) is 12.1 Å². The van der Waals surface area contributed by atoms with Crippen LogP contribution >= 0.6 is 0 Å². The van der Waals surface area contributed by atoms with E-state index >= 15 is 0 Å². The van der Waals surface area contributed by atoms with Gasteiger partial charge in [0.2, 0.25) is 0 Å². The van der Waals surface area contributed by atoms with E-state index in [4.69, 9.17) is 0 Å². The normalized spacial score (nSPS) is 11.0. The molecular formula is C14H16FN3O2. The molecule has 20 heavy (non-hydrogen) atoms. The number of hydrogen-bond acceptors (Lipinski definition) is 3. The second kappa shape index (κ2) is 5.81. The van der Waals surface area contributed by atoms with Crippen molar-refractivity contribution in [1.29, 1.82) is 0 Å². The van der Waals surface area contributed by atoms with Crippen molar-refractivity contribution < 1.29 is 14.3 Å². The van der Waals surface area contributed by atoms with Crippen LogP contribution in [0.4, 0.5) is 4.39 Å². The fourth-order valence-corrected chi connectivity index (χ4v) is 2.28. The van der Waals surface area contributed by atoms with Crippen LogP contribution in [-0.4, -0.2) is 26.1 Å². The van der Waals surface area contributed by atoms with Crippen molar-refractivity contribution in [1.82, 2.24) is 15.0 Å². The minimum atomic E-state index is -1.12. The highest BCUT2D eigenvalue weighted by Gasteiger charge is 2.25. The molecule has 1 aromatic carbocycles. The largest absolute Gasteiger partial charge is 0.476 e. The Labute approximate surface area is 116 Å². The average molecular weight is 277 g/mol. The van der Waals surface area contributed by atoms with Crippen LogP contribution in [0.5, 0.6) is 0 Å². The zero-order valence-corrected chi connectivity index (χ0v) is 11.4. The van der Waals surface area contributed by atoms with Gasteiger partial charge in [0, 0.05) is 5.92 Å². The Morgan fingerprint density at radius 2 is 2.10 bits per heavy atom. The standard InChI is InChI=1S/C14H16FN3O2/c1-3-9(4-2)13-12(14(19)20)16-17-18(13)11-7-5-6-10(15)8-11/h5-9H,3-4H2,1-2H3,(H,19,20). The number of benzene rings is 1. The topological polar surface area (TPSA) is 68.0 Å². The monoisotopic (exact) mass is 277 g/mol. The molecule has 0 atom stereocenters. The number of aromatic carboxylic acids is 1. The molecule has 6 heteroatoms. The number of carbonyl (C=O) groups is 1. The van der Waals surface area contributed by atoms with Crippen molar-refractivity contribution in [2.24, 2.45) is 0 Å². The third-order valence-electron chi connectivity index (χ3n) is 3.33. The molecule has 106 valence electrons. The van der Waals surface area contributed by atoms with Crippen molar-refractivity contribution in [3.05, 3.63) is 41.5 Å². The van der Waals surface area contributed by atoms with Crippen molar-refractivity contribution in [3.8, 4) is 5.69 Å². The van der Waals surface area contributed by atoms with Gasteiger partial charge in [-0.15, -0.1) is 5.10 Å². The summed E-state index contributed by atoms with van der Waals surface area (Å²) in [5.41, 5.74) is 0.933. The maximum absolute atomic E-state index is 13.3. The zero-order valence-electron chi connectivity index (χ0n) is 11.4. The zero-order chi connectivity index (χ0) is 14.7. The van der Waals surface area contributed by atoms with Gasteiger partial charge in [0.1, 0.15) is 5.82 Å². The highest BCUT2D eigenvalue weighted by Crippen LogP contribution is 2.27. The van der Waals surface area contributed by atoms with Gasteiger partial charge in [-0.1, -0.05) is 25.1 Å². The molecule has 0 amide bonds. The van der Waals surface area contributed by atoms with Gasteiger partial charge in [0.25, 0.3) is 0 Å². The van der Waals surface area contributed by atoms with E-state index in [2.05, 4.69) is 10.3 Å². The molecule has 0 saturated heterocycles. The molecule has 1 aromatic heterocycles. The lowest BCUT2D eigenvalue weighted by Crippen LogP contribution is -2.11. The number of carboxylic acids is 1. The van der Waals surface area contributed by atoms with Gasteiger partial charge in [0.05, 0.1) is 11.4 Å². The van der Waals surface area contributed by atoms with Gasteiger partial charge in [0.15, 0.2) is 5.69 Å². The summed E-state index contributed by atoms with van der Waals surface area (Å²) in [6.07, 6.45) is 1.53. The van der Waals surface area contributed by atoms with Crippen molar-refractivity contribution in [2.75, 3.05) is 0 Å². The van der Waals surface area contributed by atoms with Crippen LogP contribution in [0.2, 0.25) is 0 Å². The van der Waals surface area contributed by atoms with Crippen molar-refractivity contribution in [3.63, 3.8) is 0 Å². The molecule has 0 aliphatic rings. The molecule has 2 aromatic rings. The van der Waals surface area contributed by atoms with Gasteiger partial charge in [-0.2, -0.15) is 0 Å². The van der Waals surface area contributed by atoms with Crippen LogP contribution in [-0.2, 0) is 0 Å². The Kier molecular flexibility index (Phi) is 4.12. The predicted octanol–water partition coefficient (Wildman–Crippen LogP) is 3.01. The molecule has 1 N–H and O–H groups in total. The summed E-state index contributed by atoms with van der Waals surface area (Å²) in [6.45, 7) is 3.95. The second-order valence-electron chi connectivity index (χ2n) is 4.53. The lowest BCUT2D eigenvalue weighted by molar-refractivity contribution is 0.0688. The van der Waals surface area contributed by atoms with Crippen LogP contribution in [0.1, 0.15) is 48.8 Å². The first kappa shape index (κ1) is 14.2. The van der Waals surface area contributed by atoms with Crippen LogP contribution in [0.15, 0.2) is 24.3 Å². The number of hydrogen-bond donors (Lipinski definition) is 1. The Bertz CT molecular complexity index is 621. The summed E-state index contributed by atoms with van der Waals surface area (Å²) in [5.74, 6) is -1.50. The number of aromatic nitrogens is 3. The fraction of sp³-hybridized carbons (Fsp3) is 0.357. The maximum atomic E-state index is 13.3. The third kappa shape index (κ3) is 2.54.